The van der Waals surface area contributed by atoms with E-state index in [1.54, 1.807) is 11.8 Å². The van der Waals surface area contributed by atoms with Crippen LogP contribution in [0.4, 0.5) is 0 Å². The third-order valence-electron chi connectivity index (χ3n) is 3.04. The van der Waals surface area contributed by atoms with Crippen LogP contribution in [0.25, 0.3) is 0 Å². The van der Waals surface area contributed by atoms with E-state index in [1.807, 2.05) is 0 Å². The summed E-state index contributed by atoms with van der Waals surface area (Å²) in [5.74, 6) is 0. The normalized spacial score (nSPS) is 16.2. The summed E-state index contributed by atoms with van der Waals surface area (Å²) in [7, 11) is -1.91. The summed E-state index contributed by atoms with van der Waals surface area (Å²) in [4.78, 5) is 0.226. The molecule has 0 spiro atoms. The van der Waals surface area contributed by atoms with Crippen LogP contribution in [0.2, 0.25) is 0 Å². The highest BCUT2D eigenvalue weighted by Crippen LogP contribution is 2.31. The van der Waals surface area contributed by atoms with Gasteiger partial charge in [0.05, 0.1) is 19.3 Å². The lowest BCUT2D eigenvalue weighted by Gasteiger charge is -2.20. The van der Waals surface area contributed by atoms with E-state index in [0.717, 1.165) is 12.8 Å². The summed E-state index contributed by atoms with van der Waals surface area (Å²) >= 11 is 0. The molecule has 0 atom stereocenters. The van der Waals surface area contributed by atoms with Gasteiger partial charge in [-0.3, -0.25) is 4.68 Å². The first-order chi connectivity index (χ1) is 9.09. The van der Waals surface area contributed by atoms with Crippen molar-refractivity contribution in [2.45, 2.75) is 30.3 Å². The minimum atomic E-state index is -3.48. The van der Waals surface area contributed by atoms with Crippen molar-refractivity contribution in [2.75, 3.05) is 26.8 Å². The summed E-state index contributed by atoms with van der Waals surface area (Å²) in [6.07, 6.45) is 4.75. The third-order valence-corrected chi connectivity index (χ3v) is 4.95. The van der Waals surface area contributed by atoms with Gasteiger partial charge in [-0.1, -0.05) is 0 Å². The molecule has 0 saturated heterocycles. The van der Waals surface area contributed by atoms with Crippen LogP contribution in [0.15, 0.2) is 17.3 Å². The van der Waals surface area contributed by atoms with Crippen molar-refractivity contribution >= 4 is 10.0 Å². The van der Waals surface area contributed by atoms with Crippen LogP contribution in [-0.4, -0.2) is 55.4 Å². The van der Waals surface area contributed by atoms with Gasteiger partial charge in [0, 0.05) is 32.4 Å². The molecule has 19 heavy (non-hydrogen) atoms. The Bertz CT molecular complexity index is 510. The smallest absolute Gasteiger partial charge is 0.246 e. The average molecular weight is 288 g/mol. The Morgan fingerprint density at radius 3 is 2.89 bits per heavy atom. The van der Waals surface area contributed by atoms with Crippen molar-refractivity contribution in [3.63, 3.8) is 0 Å². The average Bonchev–Trinajstić information content (AvgIpc) is 3.08. The standard InChI is InChI=1S/C11H20N4O3S/c1-18-7-6-15(10-2-3-10)19(16,17)11-8-13-14(9-11)5-4-12/h8-10H,2-7,12H2,1H3. The number of ether oxygens (including phenoxy) is 1. The summed E-state index contributed by atoms with van der Waals surface area (Å²) in [5.41, 5.74) is 5.43. The molecular formula is C11H20N4O3S. The Balaban J connectivity index is 2.17. The van der Waals surface area contributed by atoms with Gasteiger partial charge < -0.3 is 10.5 Å². The predicted octanol–water partition coefficient (Wildman–Crippen LogP) is -0.359. The zero-order valence-electron chi connectivity index (χ0n) is 11.0. The number of methoxy groups -OCH3 is 1. The molecule has 0 amide bonds. The van der Waals surface area contributed by atoms with Crippen LogP contribution in [0, 0.1) is 0 Å². The number of hydrogen-bond donors (Lipinski definition) is 1. The van der Waals surface area contributed by atoms with Crippen molar-refractivity contribution in [2.24, 2.45) is 5.73 Å². The van der Waals surface area contributed by atoms with E-state index < -0.39 is 10.0 Å². The Morgan fingerprint density at radius 1 is 1.58 bits per heavy atom. The molecule has 0 aliphatic heterocycles. The van der Waals surface area contributed by atoms with Crippen LogP contribution in [0.1, 0.15) is 12.8 Å². The highest BCUT2D eigenvalue weighted by molar-refractivity contribution is 7.89. The number of hydrogen-bond acceptors (Lipinski definition) is 5. The molecule has 7 nitrogen and oxygen atoms in total. The molecule has 0 aromatic carbocycles. The van der Waals surface area contributed by atoms with E-state index in [0.29, 0.717) is 26.2 Å². The molecule has 1 fully saturated rings. The second-order valence-corrected chi connectivity index (χ2v) is 6.46. The summed E-state index contributed by atoms with van der Waals surface area (Å²) < 4.78 is 33.1. The molecule has 8 heteroatoms. The van der Waals surface area contributed by atoms with Crippen LogP contribution in [0.5, 0.6) is 0 Å². The zero-order valence-corrected chi connectivity index (χ0v) is 11.8. The van der Waals surface area contributed by atoms with E-state index in [2.05, 4.69) is 5.10 Å². The van der Waals surface area contributed by atoms with E-state index in [1.165, 1.54) is 16.7 Å². The van der Waals surface area contributed by atoms with Gasteiger partial charge in [-0.2, -0.15) is 9.40 Å². The van der Waals surface area contributed by atoms with Crippen molar-refractivity contribution in [3.8, 4) is 0 Å². The highest BCUT2D eigenvalue weighted by Gasteiger charge is 2.38. The first-order valence-electron chi connectivity index (χ1n) is 6.33. The van der Waals surface area contributed by atoms with Crippen molar-refractivity contribution in [1.82, 2.24) is 14.1 Å². The van der Waals surface area contributed by atoms with Gasteiger partial charge in [0.15, 0.2) is 0 Å². The Labute approximate surface area is 113 Å². The Morgan fingerprint density at radius 2 is 2.32 bits per heavy atom. The first kappa shape index (κ1) is 14.4. The molecule has 1 heterocycles. The summed E-state index contributed by atoms with van der Waals surface area (Å²) in [6, 6.07) is 0.109. The van der Waals surface area contributed by atoms with Gasteiger partial charge in [-0.25, -0.2) is 8.42 Å². The lowest BCUT2D eigenvalue weighted by molar-refractivity contribution is 0.177. The summed E-state index contributed by atoms with van der Waals surface area (Å²) in [6.45, 7) is 1.71. The minimum absolute atomic E-state index is 0.109. The van der Waals surface area contributed by atoms with Crippen molar-refractivity contribution < 1.29 is 13.2 Å². The van der Waals surface area contributed by atoms with Gasteiger partial charge in [0.25, 0.3) is 0 Å². The van der Waals surface area contributed by atoms with E-state index >= 15 is 0 Å². The van der Waals surface area contributed by atoms with E-state index in [4.69, 9.17) is 10.5 Å². The molecule has 1 aliphatic rings. The molecule has 1 aromatic heterocycles. The molecule has 1 saturated carbocycles. The van der Waals surface area contributed by atoms with Gasteiger partial charge in [0.1, 0.15) is 4.90 Å². The maximum Gasteiger partial charge on any atom is 0.246 e. The molecular weight excluding hydrogens is 268 g/mol. The predicted molar refractivity (Wildman–Crippen MR) is 70.1 cm³/mol. The summed E-state index contributed by atoms with van der Waals surface area (Å²) in [5, 5.41) is 4.01. The number of nitrogens with two attached hydrogens (primary N) is 1. The fraction of sp³-hybridized carbons (Fsp3) is 0.727. The lowest BCUT2D eigenvalue weighted by Crippen LogP contribution is -2.35. The first-order valence-corrected chi connectivity index (χ1v) is 7.77. The number of rotatable bonds is 8. The van der Waals surface area contributed by atoms with Crippen LogP contribution < -0.4 is 5.73 Å². The molecule has 2 N–H and O–H groups in total. The topological polar surface area (TPSA) is 90.5 Å². The van der Waals surface area contributed by atoms with Crippen LogP contribution in [-0.2, 0) is 21.3 Å². The van der Waals surface area contributed by atoms with Gasteiger partial charge >= 0.3 is 0 Å². The van der Waals surface area contributed by atoms with Crippen molar-refractivity contribution in [3.05, 3.63) is 12.4 Å². The fourth-order valence-electron chi connectivity index (χ4n) is 1.91. The Kier molecular flexibility index (Phi) is 4.56. The molecule has 1 aromatic rings. The molecule has 0 unspecified atom stereocenters. The SMILES string of the molecule is COCCN(C1CC1)S(=O)(=O)c1cnn(CCN)c1. The molecule has 1 aliphatic carbocycles. The second-order valence-electron chi connectivity index (χ2n) is 4.57. The maximum atomic E-state index is 12.5. The molecule has 108 valence electrons. The maximum absolute atomic E-state index is 12.5. The van der Waals surface area contributed by atoms with Gasteiger partial charge in [0.2, 0.25) is 10.0 Å². The van der Waals surface area contributed by atoms with E-state index in [9.17, 15) is 8.42 Å². The van der Waals surface area contributed by atoms with Crippen LogP contribution in [0.3, 0.4) is 0 Å². The van der Waals surface area contributed by atoms with E-state index in [-0.39, 0.29) is 10.9 Å². The van der Waals surface area contributed by atoms with Gasteiger partial charge in [-0.15, -0.1) is 0 Å². The van der Waals surface area contributed by atoms with Crippen molar-refractivity contribution in [1.29, 1.82) is 0 Å². The number of sulfonamides is 1. The van der Waals surface area contributed by atoms with Gasteiger partial charge in [-0.05, 0) is 12.8 Å². The monoisotopic (exact) mass is 288 g/mol. The molecule has 2 rings (SSSR count). The van der Waals surface area contributed by atoms with Crippen LogP contribution >= 0.6 is 0 Å². The molecule has 0 bridgehead atoms. The quantitative estimate of drug-likeness (QED) is 0.705. The highest BCUT2D eigenvalue weighted by atomic mass is 32.2. The Hall–Kier alpha value is -0.960. The largest absolute Gasteiger partial charge is 0.383 e. The molecule has 0 radical (unpaired) electrons. The second kappa shape index (κ2) is 6.00. The zero-order chi connectivity index (χ0) is 13.9. The minimum Gasteiger partial charge on any atom is -0.383 e. The lowest BCUT2D eigenvalue weighted by atomic mass is 10.6. The third kappa shape index (κ3) is 3.33. The number of nitrogens with zero attached hydrogens (tertiary/aromatic N) is 3. The fourth-order valence-corrected chi connectivity index (χ4v) is 3.53. The number of aromatic nitrogens is 2.